The number of carbonyl (C=O) groups is 1. The van der Waals surface area contributed by atoms with Gasteiger partial charge in [-0.2, -0.15) is 0 Å². The second-order valence-electron chi connectivity index (χ2n) is 3.98. The van der Waals surface area contributed by atoms with E-state index in [1.165, 1.54) is 24.3 Å². The minimum Gasteiger partial charge on any atom is -0.479 e. The number of aliphatic hydroxyl groups is 1. The molecule has 2 aromatic rings. The summed E-state index contributed by atoms with van der Waals surface area (Å²) in [6, 6.07) is 12.6. The van der Waals surface area contributed by atoms with Crippen molar-refractivity contribution in [3.05, 3.63) is 69.7 Å². The molecule has 0 aliphatic carbocycles. The molecule has 0 heterocycles. The fourth-order valence-electron chi connectivity index (χ4n) is 1.86. The lowest BCUT2D eigenvalue weighted by Gasteiger charge is -2.25. The van der Waals surface area contributed by atoms with Crippen LogP contribution in [0.5, 0.6) is 0 Å². The molecule has 2 aromatic carbocycles. The molecule has 98 valence electrons. The molecule has 0 bridgehead atoms. The van der Waals surface area contributed by atoms with Gasteiger partial charge in [-0.15, -0.1) is 0 Å². The average molecular weight is 297 g/mol. The molecule has 0 aliphatic heterocycles. The SMILES string of the molecule is O=C(O)C(O)(c1ccccc1)c1cccc(Cl)c1Cl. The first-order chi connectivity index (χ1) is 8.98. The standard InChI is InChI=1S/C14H10Cl2O3/c15-11-8-4-7-10(12(11)16)14(19,13(17)18)9-5-2-1-3-6-9/h1-8,19H,(H,17,18). The molecule has 0 amide bonds. The van der Waals surface area contributed by atoms with Crippen LogP contribution in [-0.2, 0) is 10.4 Å². The third-order valence-corrected chi connectivity index (χ3v) is 3.66. The zero-order valence-electron chi connectivity index (χ0n) is 9.68. The van der Waals surface area contributed by atoms with Crippen LogP contribution in [0, 0.1) is 0 Å². The van der Waals surface area contributed by atoms with E-state index in [4.69, 9.17) is 23.2 Å². The van der Waals surface area contributed by atoms with Crippen LogP contribution in [0.1, 0.15) is 11.1 Å². The molecule has 19 heavy (non-hydrogen) atoms. The van der Waals surface area contributed by atoms with Crippen molar-refractivity contribution >= 4 is 29.2 Å². The minimum atomic E-state index is -2.23. The maximum absolute atomic E-state index is 11.5. The molecule has 1 unspecified atom stereocenters. The van der Waals surface area contributed by atoms with Gasteiger partial charge < -0.3 is 10.2 Å². The van der Waals surface area contributed by atoms with E-state index in [9.17, 15) is 15.0 Å². The summed E-state index contributed by atoms with van der Waals surface area (Å²) < 4.78 is 0. The molecule has 0 aliphatic rings. The van der Waals surface area contributed by atoms with E-state index in [1.54, 1.807) is 24.3 Å². The van der Waals surface area contributed by atoms with Crippen LogP contribution in [0.3, 0.4) is 0 Å². The highest BCUT2D eigenvalue weighted by atomic mass is 35.5. The van der Waals surface area contributed by atoms with Gasteiger partial charge in [0.1, 0.15) is 0 Å². The van der Waals surface area contributed by atoms with Crippen molar-refractivity contribution in [3.63, 3.8) is 0 Å². The Morgan fingerprint density at radius 3 is 2.21 bits per heavy atom. The molecular formula is C14H10Cl2O3. The van der Waals surface area contributed by atoms with Crippen LogP contribution < -0.4 is 0 Å². The van der Waals surface area contributed by atoms with E-state index < -0.39 is 11.6 Å². The Morgan fingerprint density at radius 2 is 1.63 bits per heavy atom. The number of benzene rings is 2. The van der Waals surface area contributed by atoms with E-state index >= 15 is 0 Å². The summed E-state index contributed by atoms with van der Waals surface area (Å²) in [6.45, 7) is 0. The fraction of sp³-hybridized carbons (Fsp3) is 0.0714. The highest BCUT2D eigenvalue weighted by Gasteiger charge is 2.42. The predicted octanol–water partition coefficient (Wildman–Crippen LogP) is 3.31. The van der Waals surface area contributed by atoms with Gasteiger partial charge >= 0.3 is 5.97 Å². The van der Waals surface area contributed by atoms with Crippen LogP contribution in [0.4, 0.5) is 0 Å². The number of carboxylic acid groups (broad SMARTS) is 1. The number of halogens is 2. The zero-order valence-corrected chi connectivity index (χ0v) is 11.2. The average Bonchev–Trinajstić information content (AvgIpc) is 2.42. The van der Waals surface area contributed by atoms with Crippen molar-refractivity contribution in [2.75, 3.05) is 0 Å². The lowest BCUT2D eigenvalue weighted by atomic mass is 9.86. The summed E-state index contributed by atoms with van der Waals surface area (Å²) >= 11 is 11.9. The number of hydrogen-bond acceptors (Lipinski definition) is 2. The Bertz CT molecular complexity index is 613. The maximum Gasteiger partial charge on any atom is 0.345 e. The summed E-state index contributed by atoms with van der Waals surface area (Å²) in [5, 5.41) is 20.2. The van der Waals surface area contributed by atoms with Gasteiger partial charge in [-0.25, -0.2) is 4.79 Å². The Morgan fingerprint density at radius 1 is 1.00 bits per heavy atom. The topological polar surface area (TPSA) is 57.5 Å². The summed E-state index contributed by atoms with van der Waals surface area (Å²) in [5.41, 5.74) is -1.98. The van der Waals surface area contributed by atoms with Crippen molar-refractivity contribution in [1.29, 1.82) is 0 Å². The maximum atomic E-state index is 11.5. The lowest BCUT2D eigenvalue weighted by Crippen LogP contribution is -2.37. The van der Waals surface area contributed by atoms with E-state index in [2.05, 4.69) is 0 Å². The number of rotatable bonds is 3. The highest BCUT2D eigenvalue weighted by molar-refractivity contribution is 6.42. The number of carboxylic acids is 1. The monoisotopic (exact) mass is 296 g/mol. The molecule has 0 fully saturated rings. The third kappa shape index (κ3) is 2.32. The molecule has 0 radical (unpaired) electrons. The molecule has 1 atom stereocenters. The second kappa shape index (κ2) is 5.21. The quantitative estimate of drug-likeness (QED) is 0.913. The van der Waals surface area contributed by atoms with Gasteiger partial charge in [0.2, 0.25) is 5.60 Å². The van der Waals surface area contributed by atoms with Crippen molar-refractivity contribution in [1.82, 2.24) is 0 Å². The number of hydrogen-bond donors (Lipinski definition) is 2. The van der Waals surface area contributed by atoms with Gasteiger partial charge in [0.15, 0.2) is 0 Å². The Labute approximate surface area is 120 Å². The van der Waals surface area contributed by atoms with Gasteiger partial charge in [-0.05, 0) is 11.6 Å². The minimum absolute atomic E-state index is 0.0259. The van der Waals surface area contributed by atoms with Crippen LogP contribution in [0.25, 0.3) is 0 Å². The molecule has 2 N–H and O–H groups in total. The normalized spacial score (nSPS) is 13.8. The second-order valence-corrected chi connectivity index (χ2v) is 4.77. The van der Waals surface area contributed by atoms with Gasteiger partial charge in [0.25, 0.3) is 0 Å². The molecule has 0 spiro atoms. The largest absolute Gasteiger partial charge is 0.479 e. The summed E-state index contributed by atoms with van der Waals surface area (Å²) in [6.07, 6.45) is 0. The van der Waals surface area contributed by atoms with Crippen molar-refractivity contribution in [2.24, 2.45) is 0 Å². The predicted molar refractivity (Wildman–Crippen MR) is 73.5 cm³/mol. The van der Waals surface area contributed by atoms with Crippen LogP contribution in [0.2, 0.25) is 10.0 Å². The fourth-order valence-corrected chi connectivity index (χ4v) is 2.29. The molecule has 0 saturated heterocycles. The van der Waals surface area contributed by atoms with Crippen molar-refractivity contribution in [3.8, 4) is 0 Å². The Hall–Kier alpha value is -1.55. The van der Waals surface area contributed by atoms with Gasteiger partial charge in [0, 0.05) is 5.56 Å². The van der Waals surface area contributed by atoms with Gasteiger partial charge in [-0.1, -0.05) is 65.7 Å². The van der Waals surface area contributed by atoms with E-state index in [1.807, 2.05) is 0 Å². The third-order valence-electron chi connectivity index (χ3n) is 2.84. The summed E-state index contributed by atoms with van der Waals surface area (Å²) in [7, 11) is 0. The Kier molecular flexibility index (Phi) is 3.80. The summed E-state index contributed by atoms with van der Waals surface area (Å²) in [4.78, 5) is 11.5. The first-order valence-corrected chi connectivity index (χ1v) is 6.19. The highest BCUT2D eigenvalue weighted by Crippen LogP contribution is 2.37. The van der Waals surface area contributed by atoms with Crippen LogP contribution >= 0.6 is 23.2 Å². The summed E-state index contributed by atoms with van der Waals surface area (Å²) in [5.74, 6) is -1.41. The molecule has 2 rings (SSSR count). The molecule has 0 aromatic heterocycles. The molecule has 3 nitrogen and oxygen atoms in total. The van der Waals surface area contributed by atoms with E-state index in [0.29, 0.717) is 0 Å². The van der Waals surface area contributed by atoms with Gasteiger partial charge in [0.05, 0.1) is 10.0 Å². The first kappa shape index (κ1) is 13.9. The van der Waals surface area contributed by atoms with Crippen molar-refractivity contribution < 1.29 is 15.0 Å². The van der Waals surface area contributed by atoms with Crippen LogP contribution in [-0.4, -0.2) is 16.2 Å². The number of aliphatic carboxylic acids is 1. The molecule has 5 heteroatoms. The molecular weight excluding hydrogens is 287 g/mol. The van der Waals surface area contributed by atoms with Crippen LogP contribution in [0.15, 0.2) is 48.5 Å². The molecule has 0 saturated carbocycles. The smallest absolute Gasteiger partial charge is 0.345 e. The first-order valence-electron chi connectivity index (χ1n) is 5.43. The zero-order chi connectivity index (χ0) is 14.0. The van der Waals surface area contributed by atoms with Crippen molar-refractivity contribution in [2.45, 2.75) is 5.60 Å². The van der Waals surface area contributed by atoms with E-state index in [0.717, 1.165) is 0 Å². The Balaban J connectivity index is 2.71. The van der Waals surface area contributed by atoms with Gasteiger partial charge in [-0.3, -0.25) is 0 Å². The lowest BCUT2D eigenvalue weighted by molar-refractivity contribution is -0.155. The van der Waals surface area contributed by atoms with E-state index in [-0.39, 0.29) is 21.2 Å².